The van der Waals surface area contributed by atoms with Crippen LogP contribution < -0.4 is 11.1 Å². The van der Waals surface area contributed by atoms with E-state index in [2.05, 4.69) is 15.2 Å². The Morgan fingerprint density at radius 3 is 2.58 bits per heavy atom. The van der Waals surface area contributed by atoms with Crippen LogP contribution in [0.25, 0.3) is 0 Å². The molecule has 2 rings (SSSR count). The molecule has 5 heteroatoms. The maximum absolute atomic E-state index is 11.6. The van der Waals surface area contributed by atoms with Gasteiger partial charge >= 0.3 is 0 Å². The summed E-state index contributed by atoms with van der Waals surface area (Å²) in [4.78, 5) is 18.1. The molecule has 5 nitrogen and oxygen atoms in total. The van der Waals surface area contributed by atoms with Crippen molar-refractivity contribution in [1.82, 2.24) is 10.2 Å². The van der Waals surface area contributed by atoms with E-state index in [-0.39, 0.29) is 11.8 Å². The predicted octanol–water partition coefficient (Wildman–Crippen LogP) is 1.09. The highest BCUT2D eigenvalue weighted by Gasteiger charge is 2.24. The first-order valence-corrected chi connectivity index (χ1v) is 7.60. The lowest BCUT2D eigenvalue weighted by atomic mass is 9.85. The molecular formula is C14H26N4O. The van der Waals surface area contributed by atoms with Gasteiger partial charge in [-0.2, -0.15) is 0 Å². The molecule has 1 heterocycles. The number of nitrogens with zero attached hydrogens (tertiary/aromatic N) is 2. The van der Waals surface area contributed by atoms with E-state index >= 15 is 0 Å². The van der Waals surface area contributed by atoms with Crippen LogP contribution in [0.3, 0.4) is 0 Å². The number of carbonyl (C=O) groups excluding carboxylic acids is 1. The molecule has 1 saturated carbocycles. The van der Waals surface area contributed by atoms with Crippen molar-refractivity contribution in [2.24, 2.45) is 16.6 Å². The van der Waals surface area contributed by atoms with Gasteiger partial charge in [0.2, 0.25) is 5.91 Å². The van der Waals surface area contributed by atoms with Gasteiger partial charge in [0, 0.05) is 32.1 Å². The van der Waals surface area contributed by atoms with Crippen molar-refractivity contribution in [2.45, 2.75) is 44.9 Å². The van der Waals surface area contributed by atoms with Crippen molar-refractivity contribution in [1.29, 1.82) is 0 Å². The fraction of sp³-hybridized carbons (Fsp3) is 0.857. The van der Waals surface area contributed by atoms with Crippen LogP contribution in [-0.4, -0.2) is 42.9 Å². The quantitative estimate of drug-likeness (QED) is 0.444. The molecule has 2 fully saturated rings. The molecule has 1 aliphatic carbocycles. The van der Waals surface area contributed by atoms with Gasteiger partial charge in [0.1, 0.15) is 0 Å². The summed E-state index contributed by atoms with van der Waals surface area (Å²) in [6.45, 7) is 3.49. The number of hydrogen-bond acceptors (Lipinski definition) is 2. The molecule has 3 N–H and O–H groups in total. The highest BCUT2D eigenvalue weighted by molar-refractivity contribution is 5.79. The summed E-state index contributed by atoms with van der Waals surface area (Å²) in [6.07, 6.45) is 7.93. The van der Waals surface area contributed by atoms with E-state index < -0.39 is 0 Å². The molecule has 0 aromatic carbocycles. The standard InChI is InChI=1S/C14H26N4O/c15-14(18-10-2-1-3-11-18)17-9-5-8-16-13(19)12-6-4-7-12/h12H,1-11H2,(H2,15,17)(H,16,19). The minimum absolute atomic E-state index is 0.222. The smallest absolute Gasteiger partial charge is 0.223 e. The topological polar surface area (TPSA) is 70.7 Å². The van der Waals surface area contributed by atoms with Crippen LogP contribution in [0.15, 0.2) is 4.99 Å². The van der Waals surface area contributed by atoms with Gasteiger partial charge in [-0.15, -0.1) is 0 Å². The van der Waals surface area contributed by atoms with Gasteiger partial charge in [0.25, 0.3) is 0 Å². The van der Waals surface area contributed by atoms with Gasteiger partial charge in [-0.3, -0.25) is 9.79 Å². The van der Waals surface area contributed by atoms with Crippen molar-refractivity contribution in [3.63, 3.8) is 0 Å². The third-order valence-corrected chi connectivity index (χ3v) is 4.06. The Kier molecular flexibility index (Phi) is 5.48. The number of nitrogens with two attached hydrogens (primary N) is 1. The number of hydrogen-bond donors (Lipinski definition) is 2. The van der Waals surface area contributed by atoms with Crippen LogP contribution in [0.2, 0.25) is 0 Å². The minimum atomic E-state index is 0.222. The van der Waals surface area contributed by atoms with E-state index in [1.54, 1.807) is 0 Å². The first-order valence-electron chi connectivity index (χ1n) is 7.60. The molecule has 0 aromatic heterocycles. The molecule has 0 bridgehead atoms. The zero-order chi connectivity index (χ0) is 13.5. The third-order valence-electron chi connectivity index (χ3n) is 4.06. The Bertz CT molecular complexity index is 319. The Labute approximate surface area is 115 Å². The van der Waals surface area contributed by atoms with Crippen molar-refractivity contribution >= 4 is 11.9 Å². The fourth-order valence-electron chi connectivity index (χ4n) is 2.52. The van der Waals surface area contributed by atoms with Crippen molar-refractivity contribution in [3.8, 4) is 0 Å². The van der Waals surface area contributed by atoms with Crippen LogP contribution in [0.4, 0.5) is 0 Å². The number of aliphatic imine (C=N–C) groups is 1. The van der Waals surface area contributed by atoms with Gasteiger partial charge in [-0.05, 0) is 38.5 Å². The zero-order valence-corrected chi connectivity index (χ0v) is 11.7. The molecule has 19 heavy (non-hydrogen) atoms. The molecule has 108 valence electrons. The SMILES string of the molecule is NC(=NCCCNC(=O)C1CCC1)N1CCCCC1. The molecule has 1 amide bonds. The van der Waals surface area contributed by atoms with E-state index in [9.17, 15) is 4.79 Å². The van der Waals surface area contributed by atoms with E-state index in [0.717, 1.165) is 32.4 Å². The van der Waals surface area contributed by atoms with Crippen molar-refractivity contribution in [3.05, 3.63) is 0 Å². The summed E-state index contributed by atoms with van der Waals surface area (Å²) >= 11 is 0. The molecular weight excluding hydrogens is 240 g/mol. The number of likely N-dealkylation sites (tertiary alicyclic amines) is 1. The van der Waals surface area contributed by atoms with Crippen molar-refractivity contribution in [2.75, 3.05) is 26.2 Å². The van der Waals surface area contributed by atoms with Gasteiger partial charge in [0.05, 0.1) is 0 Å². The van der Waals surface area contributed by atoms with Gasteiger partial charge in [-0.25, -0.2) is 0 Å². The maximum Gasteiger partial charge on any atom is 0.223 e. The fourth-order valence-corrected chi connectivity index (χ4v) is 2.52. The largest absolute Gasteiger partial charge is 0.370 e. The van der Waals surface area contributed by atoms with Gasteiger partial charge in [0.15, 0.2) is 5.96 Å². The van der Waals surface area contributed by atoms with Crippen LogP contribution in [0, 0.1) is 5.92 Å². The summed E-state index contributed by atoms with van der Waals surface area (Å²) in [5.74, 6) is 1.17. The number of rotatable bonds is 5. The third kappa shape index (κ3) is 4.40. The molecule has 0 atom stereocenters. The highest BCUT2D eigenvalue weighted by Crippen LogP contribution is 2.25. The van der Waals surface area contributed by atoms with E-state index in [1.165, 1.54) is 25.7 Å². The number of guanidine groups is 1. The lowest BCUT2D eigenvalue weighted by Crippen LogP contribution is -2.41. The second kappa shape index (κ2) is 7.36. The second-order valence-electron chi connectivity index (χ2n) is 5.56. The van der Waals surface area contributed by atoms with Crippen molar-refractivity contribution < 1.29 is 4.79 Å². The summed E-state index contributed by atoms with van der Waals surface area (Å²) in [5, 5.41) is 2.98. The number of amides is 1. The molecule has 0 radical (unpaired) electrons. The minimum Gasteiger partial charge on any atom is -0.370 e. The van der Waals surface area contributed by atoms with Crippen LogP contribution in [0.5, 0.6) is 0 Å². The maximum atomic E-state index is 11.6. The molecule has 2 aliphatic rings. The number of nitrogens with one attached hydrogen (secondary N) is 1. The van der Waals surface area contributed by atoms with Crippen LogP contribution >= 0.6 is 0 Å². The van der Waals surface area contributed by atoms with E-state index in [4.69, 9.17) is 5.73 Å². The Morgan fingerprint density at radius 1 is 1.21 bits per heavy atom. The molecule has 1 aliphatic heterocycles. The predicted molar refractivity (Wildman–Crippen MR) is 76.9 cm³/mol. The Morgan fingerprint density at radius 2 is 1.95 bits per heavy atom. The lowest BCUT2D eigenvalue weighted by molar-refractivity contribution is -0.127. The Hall–Kier alpha value is -1.26. The average Bonchev–Trinajstić information content (AvgIpc) is 2.37. The summed E-state index contributed by atoms with van der Waals surface area (Å²) in [5.41, 5.74) is 5.96. The van der Waals surface area contributed by atoms with E-state index in [1.807, 2.05) is 0 Å². The van der Waals surface area contributed by atoms with Gasteiger partial charge < -0.3 is 16.0 Å². The van der Waals surface area contributed by atoms with Gasteiger partial charge in [-0.1, -0.05) is 6.42 Å². The van der Waals surface area contributed by atoms with E-state index in [0.29, 0.717) is 19.0 Å². The monoisotopic (exact) mass is 266 g/mol. The zero-order valence-electron chi connectivity index (χ0n) is 11.7. The molecule has 0 aromatic rings. The van der Waals surface area contributed by atoms with Crippen LogP contribution in [-0.2, 0) is 4.79 Å². The normalized spacial score (nSPS) is 21.1. The summed E-state index contributed by atoms with van der Waals surface area (Å²) in [7, 11) is 0. The average molecular weight is 266 g/mol. The number of carbonyl (C=O) groups is 1. The lowest BCUT2D eigenvalue weighted by Gasteiger charge is -2.27. The molecule has 0 unspecified atom stereocenters. The second-order valence-corrected chi connectivity index (χ2v) is 5.56. The van der Waals surface area contributed by atoms with Crippen LogP contribution in [0.1, 0.15) is 44.9 Å². The Balaban J connectivity index is 1.55. The molecule has 0 spiro atoms. The molecule has 1 saturated heterocycles. The summed E-state index contributed by atoms with van der Waals surface area (Å²) in [6, 6.07) is 0. The number of piperidine rings is 1. The highest BCUT2D eigenvalue weighted by atomic mass is 16.1. The first kappa shape index (κ1) is 14.2. The first-order chi connectivity index (χ1) is 9.27. The summed E-state index contributed by atoms with van der Waals surface area (Å²) < 4.78 is 0.